The molecule has 2 heterocycles. The molecule has 1 saturated heterocycles. The van der Waals surface area contributed by atoms with Gasteiger partial charge in [-0.3, -0.25) is 14.9 Å². The fourth-order valence-corrected chi connectivity index (χ4v) is 3.61. The van der Waals surface area contributed by atoms with Crippen LogP contribution in [0.1, 0.15) is 26.3 Å². The number of aromatic nitrogens is 3. The summed E-state index contributed by atoms with van der Waals surface area (Å²) >= 11 is 0. The van der Waals surface area contributed by atoms with Crippen LogP contribution in [0.25, 0.3) is 0 Å². The Kier molecular flexibility index (Phi) is 5.31. The van der Waals surface area contributed by atoms with Gasteiger partial charge in [-0.1, -0.05) is 5.21 Å². The third-order valence-corrected chi connectivity index (χ3v) is 5.29. The first-order chi connectivity index (χ1) is 10.8. The number of hydrogen-bond donors (Lipinski definition) is 2. The van der Waals surface area contributed by atoms with Gasteiger partial charge in [-0.25, -0.2) is 17.4 Å². The predicted molar refractivity (Wildman–Crippen MR) is 82.0 cm³/mol. The van der Waals surface area contributed by atoms with Crippen LogP contribution in [0.5, 0.6) is 0 Å². The van der Waals surface area contributed by atoms with Crippen LogP contribution in [0.3, 0.4) is 0 Å². The second-order valence-electron chi connectivity index (χ2n) is 5.46. The van der Waals surface area contributed by atoms with Crippen molar-refractivity contribution in [3.63, 3.8) is 0 Å². The van der Waals surface area contributed by atoms with E-state index in [9.17, 15) is 18.0 Å². The standard InChI is InChI=1S/C12H20N6O4S/c1-9(2)18-8-10(15-16-18)14-12(20)11(19)13-4-6-17-5-3-7-23(17,21)22/h8-9H,3-7H2,1-2H3,(H,13,19)(H,14,20). The summed E-state index contributed by atoms with van der Waals surface area (Å²) in [4.78, 5) is 23.4. The Balaban J connectivity index is 1.77. The second-order valence-corrected chi connectivity index (χ2v) is 7.54. The minimum absolute atomic E-state index is 0.0736. The summed E-state index contributed by atoms with van der Waals surface area (Å²) in [5.74, 6) is -1.40. The van der Waals surface area contributed by atoms with Gasteiger partial charge in [0.1, 0.15) is 0 Å². The number of rotatable bonds is 5. The van der Waals surface area contributed by atoms with Gasteiger partial charge in [0.05, 0.1) is 11.9 Å². The molecule has 1 aliphatic heterocycles. The molecule has 23 heavy (non-hydrogen) atoms. The van der Waals surface area contributed by atoms with E-state index < -0.39 is 21.8 Å². The van der Waals surface area contributed by atoms with Crippen molar-refractivity contribution in [2.24, 2.45) is 0 Å². The molecule has 0 saturated carbocycles. The molecule has 11 heteroatoms. The van der Waals surface area contributed by atoms with E-state index in [0.29, 0.717) is 13.0 Å². The molecule has 128 valence electrons. The SMILES string of the molecule is CC(C)n1cc(NC(=O)C(=O)NCCN2CCCS2(=O)=O)nn1. The van der Waals surface area contributed by atoms with Crippen molar-refractivity contribution in [3.05, 3.63) is 6.20 Å². The smallest absolute Gasteiger partial charge is 0.314 e. The highest BCUT2D eigenvalue weighted by atomic mass is 32.2. The minimum Gasteiger partial charge on any atom is -0.347 e. The zero-order valence-corrected chi connectivity index (χ0v) is 13.8. The molecule has 0 aliphatic carbocycles. The van der Waals surface area contributed by atoms with E-state index in [2.05, 4.69) is 20.9 Å². The zero-order valence-electron chi connectivity index (χ0n) is 13.0. The largest absolute Gasteiger partial charge is 0.347 e. The molecule has 0 unspecified atom stereocenters. The molecule has 0 radical (unpaired) electrons. The molecule has 1 fully saturated rings. The highest BCUT2D eigenvalue weighted by molar-refractivity contribution is 7.89. The molecule has 0 aromatic carbocycles. The number of hydrogen-bond acceptors (Lipinski definition) is 6. The molecule has 2 rings (SSSR count). The van der Waals surface area contributed by atoms with E-state index in [4.69, 9.17) is 0 Å². The van der Waals surface area contributed by atoms with Crippen LogP contribution in [0.2, 0.25) is 0 Å². The lowest BCUT2D eigenvalue weighted by atomic mass is 10.4. The summed E-state index contributed by atoms with van der Waals surface area (Å²) in [7, 11) is -3.20. The van der Waals surface area contributed by atoms with Crippen molar-refractivity contribution < 1.29 is 18.0 Å². The number of nitrogens with zero attached hydrogens (tertiary/aromatic N) is 4. The Bertz CT molecular complexity index is 683. The number of carbonyl (C=O) groups excluding carboxylic acids is 2. The zero-order chi connectivity index (χ0) is 17.0. The highest BCUT2D eigenvalue weighted by Crippen LogP contribution is 2.11. The Hall–Kier alpha value is -2.01. The van der Waals surface area contributed by atoms with Crippen LogP contribution < -0.4 is 10.6 Å². The summed E-state index contributed by atoms with van der Waals surface area (Å²) in [6, 6.07) is 0.0874. The summed E-state index contributed by atoms with van der Waals surface area (Å²) in [5.41, 5.74) is 0. The molecule has 0 bridgehead atoms. The minimum atomic E-state index is -3.20. The average Bonchev–Trinajstić information content (AvgIpc) is 3.06. The van der Waals surface area contributed by atoms with Crippen LogP contribution in [0, 0.1) is 0 Å². The summed E-state index contributed by atoms with van der Waals surface area (Å²) in [6.45, 7) is 4.48. The van der Waals surface area contributed by atoms with E-state index in [1.165, 1.54) is 10.5 Å². The number of nitrogens with one attached hydrogen (secondary N) is 2. The molecule has 0 spiro atoms. The fraction of sp³-hybridized carbons (Fsp3) is 0.667. The quantitative estimate of drug-likeness (QED) is 0.656. The molecule has 2 amide bonds. The lowest BCUT2D eigenvalue weighted by Gasteiger charge is -2.14. The van der Waals surface area contributed by atoms with Crippen molar-refractivity contribution in [2.45, 2.75) is 26.3 Å². The van der Waals surface area contributed by atoms with E-state index in [1.807, 2.05) is 13.8 Å². The predicted octanol–water partition coefficient (Wildman–Crippen LogP) is -1.05. The molecular formula is C12H20N6O4S. The number of sulfonamides is 1. The number of anilines is 1. The molecule has 1 aromatic rings. The molecule has 10 nitrogen and oxygen atoms in total. The fourth-order valence-electron chi connectivity index (χ4n) is 2.08. The molecule has 0 atom stereocenters. The summed E-state index contributed by atoms with van der Waals surface area (Å²) in [6.07, 6.45) is 2.11. The summed E-state index contributed by atoms with van der Waals surface area (Å²) in [5, 5.41) is 12.3. The van der Waals surface area contributed by atoms with Gasteiger partial charge >= 0.3 is 11.8 Å². The van der Waals surface area contributed by atoms with Crippen LogP contribution in [0.15, 0.2) is 6.20 Å². The second kappa shape index (κ2) is 7.04. The monoisotopic (exact) mass is 344 g/mol. The molecule has 2 N–H and O–H groups in total. The lowest BCUT2D eigenvalue weighted by Crippen LogP contribution is -2.40. The first-order valence-electron chi connectivity index (χ1n) is 7.28. The Labute approximate surface area is 134 Å². The van der Waals surface area contributed by atoms with Gasteiger partial charge in [0.2, 0.25) is 10.0 Å². The first-order valence-corrected chi connectivity index (χ1v) is 8.89. The van der Waals surface area contributed by atoms with Crippen LogP contribution in [-0.2, 0) is 19.6 Å². The first kappa shape index (κ1) is 17.3. The highest BCUT2D eigenvalue weighted by Gasteiger charge is 2.27. The molecule has 1 aromatic heterocycles. The van der Waals surface area contributed by atoms with Gasteiger partial charge < -0.3 is 5.32 Å². The topological polar surface area (TPSA) is 126 Å². The van der Waals surface area contributed by atoms with Crippen molar-refractivity contribution >= 4 is 27.7 Å². The van der Waals surface area contributed by atoms with Gasteiger partial charge in [-0.05, 0) is 20.3 Å². The van der Waals surface area contributed by atoms with Gasteiger partial charge in [0, 0.05) is 25.7 Å². The number of amides is 2. The van der Waals surface area contributed by atoms with Crippen molar-refractivity contribution in [2.75, 3.05) is 30.7 Å². The normalized spacial score (nSPS) is 17.3. The maximum atomic E-state index is 11.7. The third kappa shape index (κ3) is 4.48. The Morgan fingerprint density at radius 3 is 2.65 bits per heavy atom. The van der Waals surface area contributed by atoms with Crippen molar-refractivity contribution in [1.82, 2.24) is 24.6 Å². The van der Waals surface area contributed by atoms with E-state index in [0.717, 1.165) is 0 Å². The van der Waals surface area contributed by atoms with Gasteiger partial charge in [0.25, 0.3) is 0 Å². The van der Waals surface area contributed by atoms with Crippen LogP contribution in [-0.4, -0.2) is 64.9 Å². The van der Waals surface area contributed by atoms with E-state index in [1.54, 1.807) is 4.68 Å². The van der Waals surface area contributed by atoms with Gasteiger partial charge in [0.15, 0.2) is 5.82 Å². The van der Waals surface area contributed by atoms with Gasteiger partial charge in [-0.15, -0.1) is 5.10 Å². The Morgan fingerprint density at radius 2 is 2.09 bits per heavy atom. The maximum absolute atomic E-state index is 11.7. The molecule has 1 aliphatic rings. The maximum Gasteiger partial charge on any atom is 0.314 e. The number of carbonyl (C=O) groups is 2. The van der Waals surface area contributed by atoms with Crippen LogP contribution in [0.4, 0.5) is 5.82 Å². The van der Waals surface area contributed by atoms with Gasteiger partial charge in [-0.2, -0.15) is 0 Å². The Morgan fingerprint density at radius 1 is 1.35 bits per heavy atom. The van der Waals surface area contributed by atoms with E-state index >= 15 is 0 Å². The van der Waals surface area contributed by atoms with Crippen molar-refractivity contribution in [3.8, 4) is 0 Å². The van der Waals surface area contributed by atoms with E-state index in [-0.39, 0.29) is 30.7 Å². The summed E-state index contributed by atoms with van der Waals surface area (Å²) < 4.78 is 26.0. The third-order valence-electron chi connectivity index (χ3n) is 3.34. The van der Waals surface area contributed by atoms with Crippen molar-refractivity contribution in [1.29, 1.82) is 0 Å². The molecular weight excluding hydrogens is 324 g/mol. The lowest BCUT2D eigenvalue weighted by molar-refractivity contribution is -0.136. The average molecular weight is 344 g/mol. The van der Waals surface area contributed by atoms with Crippen LogP contribution >= 0.6 is 0 Å².